The van der Waals surface area contributed by atoms with Crippen LogP contribution in [0.5, 0.6) is 0 Å². The number of anilines is 2. The van der Waals surface area contributed by atoms with Crippen molar-refractivity contribution < 1.29 is 0 Å². The van der Waals surface area contributed by atoms with E-state index in [0.29, 0.717) is 12.1 Å². The van der Waals surface area contributed by atoms with Gasteiger partial charge >= 0.3 is 0 Å². The lowest BCUT2D eigenvalue weighted by atomic mass is 9.76. The third-order valence-corrected chi connectivity index (χ3v) is 5.79. The summed E-state index contributed by atoms with van der Waals surface area (Å²) in [5.74, 6) is 0. The van der Waals surface area contributed by atoms with Crippen molar-refractivity contribution in [2.45, 2.75) is 37.8 Å². The highest BCUT2D eigenvalue weighted by Crippen LogP contribution is 2.55. The molecule has 0 fully saturated rings. The minimum atomic E-state index is 0.0382. The molecule has 2 atom stereocenters. The first-order valence-corrected chi connectivity index (χ1v) is 8.79. The Morgan fingerprint density at radius 3 is 2.67 bits per heavy atom. The predicted octanol–water partition coefficient (Wildman–Crippen LogP) is 5.27. The molecule has 0 bridgehead atoms. The molecule has 2 nitrogen and oxygen atoms in total. The molecule has 2 aliphatic heterocycles. The molecule has 0 saturated heterocycles. The monoisotopic (exact) mass is 314 g/mol. The summed E-state index contributed by atoms with van der Waals surface area (Å²) in [6, 6.07) is 16.1. The van der Waals surface area contributed by atoms with Crippen molar-refractivity contribution in [2.75, 3.05) is 10.6 Å². The summed E-state index contributed by atoms with van der Waals surface area (Å²) in [6.07, 6.45) is 7.78. The maximum atomic E-state index is 3.80. The maximum Gasteiger partial charge on any atom is 0.0606 e. The average molecular weight is 314 g/mol. The van der Waals surface area contributed by atoms with Crippen LogP contribution in [-0.2, 0) is 5.41 Å². The van der Waals surface area contributed by atoms with E-state index in [4.69, 9.17) is 0 Å². The zero-order valence-corrected chi connectivity index (χ0v) is 14.1. The molecule has 0 saturated carbocycles. The van der Waals surface area contributed by atoms with E-state index in [2.05, 4.69) is 85.2 Å². The quantitative estimate of drug-likeness (QED) is 0.749. The van der Waals surface area contributed by atoms with Gasteiger partial charge in [-0.2, -0.15) is 0 Å². The van der Waals surface area contributed by atoms with Crippen molar-refractivity contribution in [3.05, 3.63) is 77.4 Å². The van der Waals surface area contributed by atoms with E-state index in [1.807, 2.05) is 0 Å². The van der Waals surface area contributed by atoms with Gasteiger partial charge in [-0.15, -0.1) is 0 Å². The Morgan fingerprint density at radius 1 is 1.00 bits per heavy atom. The normalized spacial score (nSPS) is 25.2. The Morgan fingerprint density at radius 2 is 1.83 bits per heavy atom. The second kappa shape index (κ2) is 4.76. The molecule has 120 valence electrons. The minimum absolute atomic E-state index is 0.0382. The van der Waals surface area contributed by atoms with Crippen molar-refractivity contribution in [1.82, 2.24) is 0 Å². The van der Waals surface area contributed by atoms with Gasteiger partial charge in [0, 0.05) is 27.9 Å². The SMILES string of the molecule is CC1(C)c2c(ccc3c2NC2CC=CC=C32)NC1c1ccccc1. The first kappa shape index (κ1) is 13.9. The van der Waals surface area contributed by atoms with Gasteiger partial charge in [-0.3, -0.25) is 0 Å². The first-order chi connectivity index (χ1) is 11.7. The van der Waals surface area contributed by atoms with Crippen LogP contribution in [-0.4, -0.2) is 6.04 Å². The molecular formula is C22H22N2. The Hall–Kier alpha value is -2.48. The van der Waals surface area contributed by atoms with Gasteiger partial charge in [0.05, 0.1) is 12.1 Å². The van der Waals surface area contributed by atoms with Crippen molar-refractivity contribution in [3.63, 3.8) is 0 Å². The molecule has 2 unspecified atom stereocenters. The topological polar surface area (TPSA) is 24.1 Å². The van der Waals surface area contributed by atoms with Crippen LogP contribution in [0.25, 0.3) is 5.57 Å². The molecule has 3 aliphatic rings. The molecule has 24 heavy (non-hydrogen) atoms. The van der Waals surface area contributed by atoms with Gasteiger partial charge in [-0.05, 0) is 23.6 Å². The van der Waals surface area contributed by atoms with E-state index in [0.717, 1.165) is 6.42 Å². The average Bonchev–Trinajstić information content (AvgIpc) is 3.10. The Kier molecular flexibility index (Phi) is 2.76. The van der Waals surface area contributed by atoms with E-state index in [9.17, 15) is 0 Å². The van der Waals surface area contributed by atoms with Crippen LogP contribution in [0.3, 0.4) is 0 Å². The summed E-state index contributed by atoms with van der Waals surface area (Å²) in [4.78, 5) is 0. The highest BCUT2D eigenvalue weighted by atomic mass is 15.0. The second-order valence-corrected chi connectivity index (χ2v) is 7.60. The van der Waals surface area contributed by atoms with Gasteiger partial charge in [-0.1, -0.05) is 68.5 Å². The van der Waals surface area contributed by atoms with E-state index in [-0.39, 0.29) is 5.41 Å². The first-order valence-electron chi connectivity index (χ1n) is 8.79. The lowest BCUT2D eigenvalue weighted by molar-refractivity contribution is 0.475. The van der Waals surface area contributed by atoms with E-state index in [1.165, 1.54) is 33.6 Å². The number of allylic oxidation sites excluding steroid dienone is 2. The summed E-state index contributed by atoms with van der Waals surface area (Å²) in [5, 5.41) is 7.58. The van der Waals surface area contributed by atoms with Crippen LogP contribution in [0.15, 0.2) is 60.7 Å². The minimum Gasteiger partial charge on any atom is -0.377 e. The summed E-state index contributed by atoms with van der Waals surface area (Å²) < 4.78 is 0. The van der Waals surface area contributed by atoms with Gasteiger partial charge < -0.3 is 10.6 Å². The largest absolute Gasteiger partial charge is 0.377 e. The molecule has 2 heteroatoms. The number of hydrogen-bond donors (Lipinski definition) is 2. The van der Waals surface area contributed by atoms with E-state index >= 15 is 0 Å². The summed E-state index contributed by atoms with van der Waals surface area (Å²) >= 11 is 0. The number of rotatable bonds is 1. The fourth-order valence-electron chi connectivity index (χ4n) is 4.63. The molecule has 5 rings (SSSR count). The maximum absolute atomic E-state index is 3.80. The lowest BCUT2D eigenvalue weighted by Gasteiger charge is -2.29. The van der Waals surface area contributed by atoms with Crippen molar-refractivity contribution in [3.8, 4) is 0 Å². The Bertz CT molecular complexity index is 874. The number of fused-ring (bicyclic) bond motifs is 5. The summed E-state index contributed by atoms with van der Waals surface area (Å²) in [7, 11) is 0. The van der Waals surface area contributed by atoms with Gasteiger partial charge in [0.25, 0.3) is 0 Å². The Labute approximate surface area is 143 Å². The van der Waals surface area contributed by atoms with Crippen LogP contribution in [0.4, 0.5) is 11.4 Å². The van der Waals surface area contributed by atoms with Crippen LogP contribution in [0.2, 0.25) is 0 Å². The van der Waals surface area contributed by atoms with Crippen molar-refractivity contribution in [2.24, 2.45) is 0 Å². The van der Waals surface area contributed by atoms with Gasteiger partial charge in [0.2, 0.25) is 0 Å². The zero-order valence-electron chi connectivity index (χ0n) is 14.1. The van der Waals surface area contributed by atoms with E-state index in [1.54, 1.807) is 0 Å². The molecule has 0 amide bonds. The van der Waals surface area contributed by atoms with Gasteiger partial charge in [0.1, 0.15) is 0 Å². The van der Waals surface area contributed by atoms with E-state index < -0.39 is 0 Å². The molecule has 2 N–H and O–H groups in total. The molecule has 0 spiro atoms. The zero-order chi connectivity index (χ0) is 16.3. The van der Waals surface area contributed by atoms with Crippen LogP contribution >= 0.6 is 0 Å². The molecule has 2 heterocycles. The highest BCUT2D eigenvalue weighted by Gasteiger charge is 2.44. The third kappa shape index (κ3) is 1.77. The van der Waals surface area contributed by atoms with Crippen LogP contribution in [0, 0.1) is 0 Å². The van der Waals surface area contributed by atoms with Crippen molar-refractivity contribution >= 4 is 16.9 Å². The van der Waals surface area contributed by atoms with Crippen LogP contribution in [0.1, 0.15) is 43.0 Å². The lowest BCUT2D eigenvalue weighted by Crippen LogP contribution is -2.26. The molecule has 0 aromatic heterocycles. The van der Waals surface area contributed by atoms with Crippen LogP contribution < -0.4 is 10.6 Å². The fraction of sp³-hybridized carbons (Fsp3) is 0.273. The fourth-order valence-corrected chi connectivity index (χ4v) is 4.63. The third-order valence-electron chi connectivity index (χ3n) is 5.79. The molecule has 1 aliphatic carbocycles. The smallest absolute Gasteiger partial charge is 0.0606 e. The van der Waals surface area contributed by atoms with Crippen molar-refractivity contribution in [1.29, 1.82) is 0 Å². The molecule has 2 aromatic rings. The van der Waals surface area contributed by atoms with Gasteiger partial charge in [-0.25, -0.2) is 0 Å². The standard InChI is InChI=1S/C22H22N2/c1-22(2)19-18(24-21(22)14-8-4-3-5-9-14)13-12-16-15-10-6-7-11-17(15)23-20(16)19/h3-10,12-13,17,21,23-24H,11H2,1-2H3. The highest BCUT2D eigenvalue weighted by molar-refractivity contribution is 5.93. The molecule has 2 aromatic carbocycles. The molecule has 0 radical (unpaired) electrons. The van der Waals surface area contributed by atoms with Gasteiger partial charge in [0.15, 0.2) is 0 Å². The molecular weight excluding hydrogens is 292 g/mol. The summed E-state index contributed by atoms with van der Waals surface area (Å²) in [5.41, 5.74) is 8.25. The summed E-state index contributed by atoms with van der Waals surface area (Å²) in [6.45, 7) is 4.72. The Balaban J connectivity index is 1.66. The predicted molar refractivity (Wildman–Crippen MR) is 101 cm³/mol. The second-order valence-electron chi connectivity index (χ2n) is 7.60. The number of benzene rings is 2. The number of nitrogens with one attached hydrogen (secondary N) is 2. The number of hydrogen-bond acceptors (Lipinski definition) is 2.